The van der Waals surface area contributed by atoms with Crippen LogP contribution in [0.4, 0.5) is 0 Å². The number of aliphatic hydroxyl groups excluding tert-OH is 1. The van der Waals surface area contributed by atoms with Gasteiger partial charge in [-0.15, -0.1) is 0 Å². The van der Waals surface area contributed by atoms with E-state index < -0.39 is 6.10 Å². The molecule has 4 rings (SSSR count). The summed E-state index contributed by atoms with van der Waals surface area (Å²) in [5.41, 5.74) is 2.82. The van der Waals surface area contributed by atoms with Crippen molar-refractivity contribution in [1.82, 2.24) is 14.7 Å². The molecule has 3 aromatic rings. The fourth-order valence-corrected chi connectivity index (χ4v) is 4.28. The van der Waals surface area contributed by atoms with Gasteiger partial charge in [0.05, 0.1) is 35.8 Å². The van der Waals surface area contributed by atoms with Gasteiger partial charge in [0.15, 0.2) is 0 Å². The largest absolute Gasteiger partial charge is 0.439 e. The quantitative estimate of drug-likeness (QED) is 0.429. The maximum atomic E-state index is 10.6. The van der Waals surface area contributed by atoms with Gasteiger partial charge < -0.3 is 19.3 Å². The Kier molecular flexibility index (Phi) is 8.71. The Bertz CT molecular complexity index is 1000. The zero-order valence-electron chi connectivity index (χ0n) is 20.1. The summed E-state index contributed by atoms with van der Waals surface area (Å²) in [6.07, 6.45) is 1.70. The zero-order valence-corrected chi connectivity index (χ0v) is 20.1. The van der Waals surface area contributed by atoms with Gasteiger partial charge in [0.1, 0.15) is 5.75 Å². The Morgan fingerprint density at radius 1 is 1.15 bits per heavy atom. The van der Waals surface area contributed by atoms with Gasteiger partial charge in [-0.1, -0.05) is 36.4 Å². The molecule has 2 aromatic carbocycles. The molecular formula is C27H35N3O4. The molecule has 1 aliphatic heterocycles. The van der Waals surface area contributed by atoms with Crippen molar-refractivity contribution in [3.63, 3.8) is 0 Å². The molecule has 34 heavy (non-hydrogen) atoms. The molecule has 2 atom stereocenters. The standard InChI is InChI=1S/C27H35N3O4/c1-3-32-20-23(31)17-29(18-25-15-10-16-33-25)19-26-21(2)28-30(22-11-6-4-7-12-22)27(26)34-24-13-8-5-9-14-24/h4-9,11-14,23,25,31H,3,10,15-20H2,1-2H3/t23-,25-/m0/s1. The third-order valence-corrected chi connectivity index (χ3v) is 5.95. The van der Waals surface area contributed by atoms with Crippen LogP contribution in [0.25, 0.3) is 5.69 Å². The molecule has 2 heterocycles. The number of benzene rings is 2. The van der Waals surface area contributed by atoms with Crippen molar-refractivity contribution < 1.29 is 19.3 Å². The highest BCUT2D eigenvalue weighted by atomic mass is 16.5. The first-order valence-corrected chi connectivity index (χ1v) is 12.1. The van der Waals surface area contributed by atoms with Crippen molar-refractivity contribution in [3.8, 4) is 17.3 Å². The number of hydrogen-bond donors (Lipinski definition) is 1. The second-order valence-electron chi connectivity index (χ2n) is 8.67. The number of aromatic nitrogens is 2. The Balaban J connectivity index is 1.64. The molecule has 0 bridgehead atoms. The molecule has 0 saturated carbocycles. The monoisotopic (exact) mass is 465 g/mol. The van der Waals surface area contributed by atoms with E-state index in [1.54, 1.807) is 0 Å². The van der Waals surface area contributed by atoms with Crippen LogP contribution < -0.4 is 4.74 Å². The molecule has 0 spiro atoms. The summed E-state index contributed by atoms with van der Waals surface area (Å²) in [4.78, 5) is 2.23. The molecule has 0 aliphatic carbocycles. The van der Waals surface area contributed by atoms with Gasteiger partial charge in [-0.05, 0) is 51.0 Å². The minimum Gasteiger partial charge on any atom is -0.439 e. The highest BCUT2D eigenvalue weighted by Crippen LogP contribution is 2.32. The first-order valence-electron chi connectivity index (χ1n) is 12.1. The zero-order chi connectivity index (χ0) is 23.8. The van der Waals surface area contributed by atoms with Gasteiger partial charge in [0.2, 0.25) is 5.88 Å². The molecule has 0 amide bonds. The van der Waals surface area contributed by atoms with Crippen LogP contribution in [0.2, 0.25) is 0 Å². The van der Waals surface area contributed by atoms with Crippen molar-refractivity contribution in [1.29, 1.82) is 0 Å². The van der Waals surface area contributed by atoms with E-state index in [1.807, 2.05) is 79.2 Å². The summed E-state index contributed by atoms with van der Waals surface area (Å²) in [6.45, 7) is 7.45. The number of ether oxygens (including phenoxy) is 3. The Hall–Kier alpha value is -2.71. The average molecular weight is 466 g/mol. The Morgan fingerprint density at radius 2 is 1.88 bits per heavy atom. The molecule has 1 fully saturated rings. The molecule has 0 radical (unpaired) electrons. The fraction of sp³-hybridized carbons (Fsp3) is 0.444. The van der Waals surface area contributed by atoms with Crippen molar-refractivity contribution in [2.24, 2.45) is 0 Å². The fourth-order valence-electron chi connectivity index (χ4n) is 4.28. The van der Waals surface area contributed by atoms with E-state index in [-0.39, 0.29) is 6.10 Å². The predicted molar refractivity (Wildman–Crippen MR) is 132 cm³/mol. The maximum Gasteiger partial charge on any atom is 0.227 e. The number of aryl methyl sites for hydroxylation is 1. The summed E-state index contributed by atoms with van der Waals surface area (Å²) < 4.78 is 19.6. The lowest BCUT2D eigenvalue weighted by Gasteiger charge is -2.27. The van der Waals surface area contributed by atoms with Crippen molar-refractivity contribution in [3.05, 3.63) is 71.9 Å². The molecule has 182 valence electrons. The van der Waals surface area contributed by atoms with E-state index in [0.717, 1.165) is 48.7 Å². The van der Waals surface area contributed by atoms with Crippen LogP contribution in [-0.2, 0) is 16.0 Å². The third-order valence-electron chi connectivity index (χ3n) is 5.95. The van der Waals surface area contributed by atoms with E-state index in [9.17, 15) is 5.11 Å². The summed E-state index contributed by atoms with van der Waals surface area (Å²) >= 11 is 0. The number of para-hydroxylation sites is 2. The van der Waals surface area contributed by atoms with E-state index in [0.29, 0.717) is 32.2 Å². The summed E-state index contributed by atoms with van der Waals surface area (Å²) in [6, 6.07) is 19.8. The summed E-state index contributed by atoms with van der Waals surface area (Å²) in [5.74, 6) is 1.44. The number of rotatable bonds is 12. The van der Waals surface area contributed by atoms with Crippen LogP contribution in [0.5, 0.6) is 11.6 Å². The molecular weight excluding hydrogens is 430 g/mol. The van der Waals surface area contributed by atoms with Crippen molar-refractivity contribution in [2.75, 3.05) is 32.9 Å². The Morgan fingerprint density at radius 3 is 2.56 bits per heavy atom. The molecule has 7 heteroatoms. The summed E-state index contributed by atoms with van der Waals surface area (Å²) in [7, 11) is 0. The van der Waals surface area contributed by atoms with E-state index >= 15 is 0 Å². The highest BCUT2D eigenvalue weighted by Gasteiger charge is 2.26. The van der Waals surface area contributed by atoms with Gasteiger partial charge in [0, 0.05) is 32.8 Å². The van der Waals surface area contributed by atoms with Crippen LogP contribution >= 0.6 is 0 Å². The lowest BCUT2D eigenvalue weighted by Crippen LogP contribution is -2.39. The molecule has 7 nitrogen and oxygen atoms in total. The van der Waals surface area contributed by atoms with Gasteiger partial charge in [-0.2, -0.15) is 5.10 Å². The van der Waals surface area contributed by atoms with Gasteiger partial charge in [0.25, 0.3) is 0 Å². The lowest BCUT2D eigenvalue weighted by molar-refractivity contribution is 0.00498. The van der Waals surface area contributed by atoms with E-state index in [2.05, 4.69) is 4.90 Å². The van der Waals surface area contributed by atoms with Gasteiger partial charge in [-0.3, -0.25) is 4.90 Å². The van der Waals surface area contributed by atoms with Gasteiger partial charge >= 0.3 is 0 Å². The van der Waals surface area contributed by atoms with Crippen LogP contribution in [0, 0.1) is 6.92 Å². The smallest absolute Gasteiger partial charge is 0.227 e. The average Bonchev–Trinajstić information content (AvgIpc) is 3.47. The van der Waals surface area contributed by atoms with E-state index in [4.69, 9.17) is 19.3 Å². The van der Waals surface area contributed by atoms with Crippen LogP contribution in [0.3, 0.4) is 0 Å². The minimum absolute atomic E-state index is 0.169. The molecule has 1 N–H and O–H groups in total. The maximum absolute atomic E-state index is 10.6. The molecule has 1 saturated heterocycles. The number of aliphatic hydroxyl groups is 1. The highest BCUT2D eigenvalue weighted by molar-refractivity contribution is 5.43. The summed E-state index contributed by atoms with van der Waals surface area (Å²) in [5, 5.41) is 15.4. The molecule has 0 unspecified atom stereocenters. The first kappa shape index (κ1) is 24.4. The van der Waals surface area contributed by atoms with Crippen LogP contribution in [-0.4, -0.2) is 64.9 Å². The number of nitrogens with zero attached hydrogens (tertiary/aromatic N) is 3. The molecule has 1 aromatic heterocycles. The van der Waals surface area contributed by atoms with E-state index in [1.165, 1.54) is 0 Å². The second-order valence-corrected chi connectivity index (χ2v) is 8.67. The predicted octanol–water partition coefficient (Wildman–Crippen LogP) is 4.35. The topological polar surface area (TPSA) is 69.0 Å². The van der Waals surface area contributed by atoms with Crippen molar-refractivity contribution >= 4 is 0 Å². The normalized spacial score (nSPS) is 16.8. The van der Waals surface area contributed by atoms with Crippen LogP contribution in [0.15, 0.2) is 60.7 Å². The third kappa shape index (κ3) is 6.45. The molecule has 1 aliphatic rings. The van der Waals surface area contributed by atoms with Crippen LogP contribution in [0.1, 0.15) is 31.0 Å². The minimum atomic E-state index is -0.579. The second kappa shape index (κ2) is 12.1. The Labute approximate surface area is 201 Å². The lowest BCUT2D eigenvalue weighted by atomic mass is 10.1. The van der Waals surface area contributed by atoms with Crippen molar-refractivity contribution in [2.45, 2.75) is 45.4 Å². The SMILES string of the molecule is CCOC[C@@H](O)CN(Cc1c(C)nn(-c2ccccc2)c1Oc1ccccc1)C[C@@H]1CCCO1. The first-order chi connectivity index (χ1) is 16.6. The number of hydrogen-bond acceptors (Lipinski definition) is 6. The van der Waals surface area contributed by atoms with Gasteiger partial charge in [-0.25, -0.2) is 4.68 Å².